The molecule has 1 fully saturated rings. The average molecular weight is 354 g/mol. The lowest BCUT2D eigenvalue weighted by Crippen LogP contribution is -2.50. The molecule has 1 N–H and O–H groups in total. The van der Waals surface area contributed by atoms with Gasteiger partial charge in [0.2, 0.25) is 0 Å². The second-order valence-corrected chi connectivity index (χ2v) is 6.84. The number of β-amino-alcohol motifs (C(OH)–C–C–N with tert-alkyl or cyclic N) is 1. The molecule has 8 nitrogen and oxygen atoms in total. The van der Waals surface area contributed by atoms with E-state index in [1.54, 1.807) is 19.4 Å². The van der Waals surface area contributed by atoms with Crippen LogP contribution in [-0.2, 0) is 16.5 Å². The summed E-state index contributed by atoms with van der Waals surface area (Å²) in [4.78, 5) is 20.3. The van der Waals surface area contributed by atoms with E-state index >= 15 is 0 Å². The minimum Gasteiger partial charge on any atom is -0.389 e. The van der Waals surface area contributed by atoms with Gasteiger partial charge in [-0.15, -0.1) is 0 Å². The molecule has 0 saturated carbocycles. The van der Waals surface area contributed by atoms with Gasteiger partial charge in [-0.05, 0) is 13.8 Å². The second-order valence-electron chi connectivity index (χ2n) is 6.84. The van der Waals surface area contributed by atoms with Crippen LogP contribution >= 0.6 is 0 Å². The number of hydrogen-bond donors (Lipinski definition) is 1. The molecule has 0 aliphatic carbocycles. The molecule has 1 aliphatic rings. The van der Waals surface area contributed by atoms with Gasteiger partial charge < -0.3 is 24.0 Å². The summed E-state index contributed by atoms with van der Waals surface area (Å²) in [6.07, 6.45) is 2.82. The van der Waals surface area contributed by atoms with Gasteiger partial charge in [0, 0.05) is 52.7 Å². The molecule has 0 unspecified atom stereocenters. The van der Waals surface area contributed by atoms with Gasteiger partial charge in [0.25, 0.3) is 5.56 Å². The summed E-state index contributed by atoms with van der Waals surface area (Å²) in [6.45, 7) is 7.47. The fourth-order valence-corrected chi connectivity index (χ4v) is 2.85. The zero-order valence-electron chi connectivity index (χ0n) is 15.6. The highest BCUT2D eigenvalue weighted by atomic mass is 16.5. The first kappa shape index (κ1) is 19.8. The highest BCUT2D eigenvalue weighted by Crippen LogP contribution is 2.10. The highest BCUT2D eigenvalue weighted by Gasteiger charge is 2.24. The highest BCUT2D eigenvalue weighted by molar-refractivity contribution is 5.34. The van der Waals surface area contributed by atoms with Crippen LogP contribution in [0.3, 0.4) is 0 Å². The van der Waals surface area contributed by atoms with Crippen molar-refractivity contribution in [2.45, 2.75) is 32.2 Å². The summed E-state index contributed by atoms with van der Waals surface area (Å²) in [5.41, 5.74) is -0.126. The van der Waals surface area contributed by atoms with E-state index in [0.717, 1.165) is 6.54 Å². The van der Waals surface area contributed by atoms with Crippen molar-refractivity contribution in [1.82, 2.24) is 14.5 Å². The van der Waals surface area contributed by atoms with Crippen LogP contribution in [0.25, 0.3) is 0 Å². The number of ether oxygens (including phenoxy) is 2. The van der Waals surface area contributed by atoms with Crippen LogP contribution in [-0.4, -0.2) is 84.3 Å². The minimum atomic E-state index is -0.512. The Morgan fingerprint density at radius 2 is 2.28 bits per heavy atom. The van der Waals surface area contributed by atoms with Crippen molar-refractivity contribution in [3.63, 3.8) is 0 Å². The number of aliphatic hydroxyl groups is 1. The predicted molar refractivity (Wildman–Crippen MR) is 96.0 cm³/mol. The molecule has 2 heterocycles. The van der Waals surface area contributed by atoms with Gasteiger partial charge in [0.15, 0.2) is 5.82 Å². The molecule has 0 radical (unpaired) electrons. The maximum absolute atomic E-state index is 12.1. The fraction of sp³-hybridized carbons (Fsp3) is 0.765. The second kappa shape index (κ2) is 9.28. The molecule has 0 amide bonds. The van der Waals surface area contributed by atoms with Gasteiger partial charge in [0.05, 0.1) is 31.5 Å². The van der Waals surface area contributed by atoms with E-state index < -0.39 is 6.10 Å². The Bertz CT molecular complexity index is 592. The van der Waals surface area contributed by atoms with Gasteiger partial charge in [-0.1, -0.05) is 0 Å². The van der Waals surface area contributed by atoms with Crippen molar-refractivity contribution in [2.24, 2.45) is 7.05 Å². The maximum Gasteiger partial charge on any atom is 0.293 e. The van der Waals surface area contributed by atoms with Crippen molar-refractivity contribution >= 4 is 5.82 Å². The summed E-state index contributed by atoms with van der Waals surface area (Å²) in [7, 11) is 3.55. The van der Waals surface area contributed by atoms with E-state index in [0.29, 0.717) is 38.7 Å². The monoisotopic (exact) mass is 354 g/mol. The molecule has 1 saturated heterocycles. The Balaban J connectivity index is 1.86. The molecule has 1 aliphatic heterocycles. The summed E-state index contributed by atoms with van der Waals surface area (Å²) >= 11 is 0. The average Bonchev–Trinajstić information content (AvgIpc) is 2.55. The summed E-state index contributed by atoms with van der Waals surface area (Å²) < 4.78 is 12.8. The van der Waals surface area contributed by atoms with E-state index in [-0.39, 0.29) is 17.8 Å². The van der Waals surface area contributed by atoms with E-state index in [1.165, 1.54) is 4.57 Å². The number of morpholine rings is 1. The van der Waals surface area contributed by atoms with Gasteiger partial charge in [-0.3, -0.25) is 9.69 Å². The van der Waals surface area contributed by atoms with Gasteiger partial charge in [-0.25, -0.2) is 4.98 Å². The number of nitrogens with zero attached hydrogens (tertiary/aromatic N) is 4. The third-order valence-corrected chi connectivity index (χ3v) is 4.15. The van der Waals surface area contributed by atoms with E-state index in [2.05, 4.69) is 9.88 Å². The van der Waals surface area contributed by atoms with Crippen LogP contribution in [0.1, 0.15) is 13.8 Å². The molecule has 8 heteroatoms. The van der Waals surface area contributed by atoms with E-state index in [1.807, 2.05) is 25.8 Å². The lowest BCUT2D eigenvalue weighted by molar-refractivity contribution is -0.0532. The number of hydrogen-bond acceptors (Lipinski definition) is 7. The first-order valence-corrected chi connectivity index (χ1v) is 8.73. The standard InChI is InChI=1S/C17H30N4O4/c1-13(2)25-12-14(22)9-21-7-8-24-15(11-21)10-20(4)16-17(23)19(3)6-5-18-16/h5-6,13-15,22H,7-12H2,1-4H3/t14-,15+/m0/s1. The minimum absolute atomic E-state index is 0.0383. The van der Waals surface area contributed by atoms with Crippen molar-refractivity contribution in [3.05, 3.63) is 22.7 Å². The van der Waals surface area contributed by atoms with E-state index in [9.17, 15) is 9.90 Å². The van der Waals surface area contributed by atoms with Crippen LogP contribution in [0.5, 0.6) is 0 Å². The van der Waals surface area contributed by atoms with Crippen LogP contribution in [0.15, 0.2) is 17.2 Å². The molecule has 0 aromatic carbocycles. The molecule has 1 aromatic heterocycles. The number of likely N-dealkylation sites (N-methyl/N-ethyl adjacent to an activating group) is 1. The Morgan fingerprint density at radius 3 is 3.00 bits per heavy atom. The van der Waals surface area contributed by atoms with Crippen molar-refractivity contribution < 1.29 is 14.6 Å². The molecule has 2 atom stereocenters. The maximum atomic E-state index is 12.1. The third-order valence-electron chi connectivity index (χ3n) is 4.15. The largest absolute Gasteiger partial charge is 0.389 e. The lowest BCUT2D eigenvalue weighted by atomic mass is 10.2. The van der Waals surface area contributed by atoms with Crippen LogP contribution < -0.4 is 10.5 Å². The van der Waals surface area contributed by atoms with Crippen LogP contribution in [0, 0.1) is 0 Å². The summed E-state index contributed by atoms with van der Waals surface area (Å²) in [5, 5.41) is 10.1. The third kappa shape index (κ3) is 6.07. The SMILES string of the molecule is CC(C)OC[C@@H](O)CN1CCO[C@H](CN(C)c2nccn(C)c2=O)C1. The molecular weight excluding hydrogens is 324 g/mol. The molecule has 0 bridgehead atoms. The Morgan fingerprint density at radius 1 is 1.52 bits per heavy atom. The predicted octanol–water partition coefficient (Wildman–Crippen LogP) is -0.297. The number of aliphatic hydroxyl groups excluding tert-OH is 1. The van der Waals surface area contributed by atoms with Crippen molar-refractivity contribution in [3.8, 4) is 0 Å². The molecule has 25 heavy (non-hydrogen) atoms. The van der Waals surface area contributed by atoms with Gasteiger partial charge in [0.1, 0.15) is 0 Å². The lowest BCUT2D eigenvalue weighted by Gasteiger charge is -2.35. The molecule has 0 spiro atoms. The Hall–Kier alpha value is -1.48. The molecular formula is C17H30N4O4. The van der Waals surface area contributed by atoms with Crippen LogP contribution in [0.2, 0.25) is 0 Å². The summed E-state index contributed by atoms with van der Waals surface area (Å²) in [5.74, 6) is 0.413. The quantitative estimate of drug-likeness (QED) is 0.687. The van der Waals surface area contributed by atoms with E-state index in [4.69, 9.17) is 9.47 Å². The first-order chi connectivity index (χ1) is 11.9. The number of rotatable bonds is 8. The number of aryl methyl sites for hydroxylation is 1. The summed E-state index contributed by atoms with van der Waals surface area (Å²) in [6, 6.07) is 0. The number of anilines is 1. The normalized spacial score (nSPS) is 20.0. The van der Waals surface area contributed by atoms with Gasteiger partial charge in [-0.2, -0.15) is 0 Å². The number of aromatic nitrogens is 2. The molecule has 2 rings (SSSR count). The Kier molecular flexibility index (Phi) is 7.37. The van der Waals surface area contributed by atoms with Gasteiger partial charge >= 0.3 is 0 Å². The molecule has 1 aromatic rings. The zero-order chi connectivity index (χ0) is 18.4. The first-order valence-electron chi connectivity index (χ1n) is 8.73. The Labute approximate surface area is 149 Å². The van der Waals surface area contributed by atoms with Crippen LogP contribution in [0.4, 0.5) is 5.82 Å². The zero-order valence-corrected chi connectivity index (χ0v) is 15.6. The topological polar surface area (TPSA) is 80.1 Å². The smallest absolute Gasteiger partial charge is 0.293 e. The fourth-order valence-electron chi connectivity index (χ4n) is 2.85. The molecule has 142 valence electrons. The van der Waals surface area contributed by atoms with Crippen molar-refractivity contribution in [2.75, 3.05) is 51.3 Å². The van der Waals surface area contributed by atoms with Crippen molar-refractivity contribution in [1.29, 1.82) is 0 Å².